The van der Waals surface area contributed by atoms with Crippen LogP contribution in [0.1, 0.15) is 42.1 Å². The third-order valence-electron chi connectivity index (χ3n) is 4.99. The average molecular weight is 339 g/mol. The molecule has 2 aliphatic heterocycles. The van der Waals surface area contributed by atoms with Gasteiger partial charge in [0.2, 0.25) is 5.91 Å². The van der Waals surface area contributed by atoms with Gasteiger partial charge in [-0.15, -0.1) is 0 Å². The van der Waals surface area contributed by atoms with E-state index >= 15 is 0 Å². The van der Waals surface area contributed by atoms with E-state index in [4.69, 9.17) is 0 Å². The molecule has 4 rings (SSSR count). The summed E-state index contributed by atoms with van der Waals surface area (Å²) in [7, 11) is 0. The molecule has 2 aliphatic rings. The van der Waals surface area contributed by atoms with E-state index in [2.05, 4.69) is 10.1 Å². The van der Waals surface area contributed by atoms with Crippen LogP contribution in [-0.4, -0.2) is 51.1 Å². The number of amides is 2. The van der Waals surface area contributed by atoms with E-state index < -0.39 is 0 Å². The van der Waals surface area contributed by atoms with Gasteiger partial charge < -0.3 is 9.80 Å². The number of carbonyl (C=O) groups is 2. The lowest BCUT2D eigenvalue weighted by Gasteiger charge is -2.32. The molecule has 2 fully saturated rings. The van der Waals surface area contributed by atoms with Crippen LogP contribution in [0.4, 0.5) is 5.69 Å². The third-order valence-corrected chi connectivity index (χ3v) is 4.99. The van der Waals surface area contributed by atoms with Crippen molar-refractivity contribution in [2.75, 3.05) is 24.5 Å². The fraction of sp³-hybridized carbons (Fsp3) is 0.444. The number of benzene rings is 1. The Kier molecular flexibility index (Phi) is 4.21. The quantitative estimate of drug-likeness (QED) is 0.856. The van der Waals surface area contributed by atoms with E-state index in [1.54, 1.807) is 11.2 Å². The minimum absolute atomic E-state index is 0.0316. The number of anilines is 1. The molecule has 0 spiro atoms. The molecule has 0 bridgehead atoms. The molecule has 7 nitrogen and oxygen atoms in total. The van der Waals surface area contributed by atoms with Crippen molar-refractivity contribution in [2.45, 2.75) is 31.7 Å². The molecular formula is C18H21N5O2. The van der Waals surface area contributed by atoms with Gasteiger partial charge in [0.15, 0.2) is 0 Å². The lowest BCUT2D eigenvalue weighted by Crippen LogP contribution is -2.40. The molecule has 7 heteroatoms. The zero-order valence-electron chi connectivity index (χ0n) is 14.0. The fourth-order valence-electron chi connectivity index (χ4n) is 3.65. The fourth-order valence-corrected chi connectivity index (χ4v) is 3.65. The van der Waals surface area contributed by atoms with Crippen molar-refractivity contribution in [3.8, 4) is 0 Å². The number of hydrogen-bond acceptors (Lipinski definition) is 4. The second-order valence-electron chi connectivity index (χ2n) is 6.62. The Bertz CT molecular complexity index is 756. The SMILES string of the molecule is O=C(c1ccc(N2CCCC2=O)cc1)N1CCC[C@@H](n2cncn2)C1. The van der Waals surface area contributed by atoms with Crippen molar-refractivity contribution in [2.24, 2.45) is 0 Å². The molecule has 1 aromatic heterocycles. The van der Waals surface area contributed by atoms with Crippen LogP contribution >= 0.6 is 0 Å². The van der Waals surface area contributed by atoms with Gasteiger partial charge in [-0.25, -0.2) is 9.67 Å². The first-order valence-corrected chi connectivity index (χ1v) is 8.76. The highest BCUT2D eigenvalue weighted by Gasteiger charge is 2.26. The first-order chi connectivity index (χ1) is 12.2. The van der Waals surface area contributed by atoms with E-state index in [9.17, 15) is 9.59 Å². The van der Waals surface area contributed by atoms with Crippen LogP contribution in [-0.2, 0) is 4.79 Å². The van der Waals surface area contributed by atoms with Gasteiger partial charge in [0, 0.05) is 37.3 Å². The monoisotopic (exact) mass is 339 g/mol. The molecule has 3 heterocycles. The molecule has 0 radical (unpaired) electrons. The molecule has 0 saturated carbocycles. The van der Waals surface area contributed by atoms with Gasteiger partial charge in [-0.3, -0.25) is 9.59 Å². The molecule has 25 heavy (non-hydrogen) atoms. The number of nitrogens with zero attached hydrogens (tertiary/aromatic N) is 5. The lowest BCUT2D eigenvalue weighted by molar-refractivity contribution is -0.117. The summed E-state index contributed by atoms with van der Waals surface area (Å²) in [5, 5.41) is 4.20. The predicted molar refractivity (Wildman–Crippen MR) is 92.2 cm³/mol. The number of rotatable bonds is 3. The molecule has 1 aromatic carbocycles. The van der Waals surface area contributed by atoms with Gasteiger partial charge in [0.05, 0.1) is 6.04 Å². The molecule has 0 N–H and O–H groups in total. The van der Waals surface area contributed by atoms with Crippen LogP contribution in [0, 0.1) is 0 Å². The maximum absolute atomic E-state index is 12.8. The second-order valence-corrected chi connectivity index (χ2v) is 6.62. The Morgan fingerprint density at radius 2 is 1.96 bits per heavy atom. The topological polar surface area (TPSA) is 71.3 Å². The van der Waals surface area contributed by atoms with E-state index in [0.717, 1.165) is 38.0 Å². The number of carbonyl (C=O) groups excluding carboxylic acids is 2. The van der Waals surface area contributed by atoms with Crippen molar-refractivity contribution in [3.05, 3.63) is 42.5 Å². The van der Waals surface area contributed by atoms with Gasteiger partial charge in [-0.1, -0.05) is 0 Å². The van der Waals surface area contributed by atoms with E-state index in [1.807, 2.05) is 33.8 Å². The van der Waals surface area contributed by atoms with Gasteiger partial charge in [-0.2, -0.15) is 5.10 Å². The summed E-state index contributed by atoms with van der Waals surface area (Å²) in [5.41, 5.74) is 1.54. The zero-order chi connectivity index (χ0) is 17.2. The van der Waals surface area contributed by atoms with Crippen LogP contribution in [0.5, 0.6) is 0 Å². The first kappa shape index (κ1) is 15.8. The maximum atomic E-state index is 12.8. The summed E-state index contributed by atoms with van der Waals surface area (Å²) in [4.78, 5) is 32.3. The van der Waals surface area contributed by atoms with Gasteiger partial charge >= 0.3 is 0 Å². The first-order valence-electron chi connectivity index (χ1n) is 8.76. The smallest absolute Gasteiger partial charge is 0.253 e. The normalized spacial score (nSPS) is 21.0. The summed E-state index contributed by atoms with van der Waals surface area (Å²) in [6.07, 6.45) is 6.70. The summed E-state index contributed by atoms with van der Waals surface area (Å²) in [6, 6.07) is 7.57. The highest BCUT2D eigenvalue weighted by atomic mass is 16.2. The summed E-state index contributed by atoms with van der Waals surface area (Å²) < 4.78 is 1.83. The highest BCUT2D eigenvalue weighted by Crippen LogP contribution is 2.24. The second kappa shape index (κ2) is 6.66. The van der Waals surface area contributed by atoms with Crippen molar-refractivity contribution < 1.29 is 9.59 Å². The van der Waals surface area contributed by atoms with Gasteiger partial charge in [0.25, 0.3) is 5.91 Å². The summed E-state index contributed by atoms with van der Waals surface area (Å²) in [6.45, 7) is 2.17. The number of likely N-dealkylation sites (tertiary alicyclic amines) is 1. The Morgan fingerprint density at radius 3 is 2.64 bits per heavy atom. The van der Waals surface area contributed by atoms with Crippen molar-refractivity contribution >= 4 is 17.5 Å². The van der Waals surface area contributed by atoms with Crippen LogP contribution < -0.4 is 4.90 Å². The average Bonchev–Trinajstić information content (AvgIpc) is 3.33. The van der Waals surface area contributed by atoms with Gasteiger partial charge in [-0.05, 0) is 43.5 Å². The molecule has 0 aliphatic carbocycles. The predicted octanol–water partition coefficient (Wildman–Crippen LogP) is 1.88. The van der Waals surface area contributed by atoms with E-state index in [1.165, 1.54) is 6.33 Å². The highest BCUT2D eigenvalue weighted by molar-refractivity contribution is 5.97. The number of aromatic nitrogens is 3. The minimum atomic E-state index is 0.0316. The maximum Gasteiger partial charge on any atom is 0.253 e. The minimum Gasteiger partial charge on any atom is -0.337 e. The van der Waals surface area contributed by atoms with Crippen molar-refractivity contribution in [1.29, 1.82) is 0 Å². The Balaban J connectivity index is 1.46. The summed E-state index contributed by atoms with van der Waals surface area (Å²) in [5.74, 6) is 0.190. The van der Waals surface area contributed by atoms with Crippen LogP contribution in [0.3, 0.4) is 0 Å². The summed E-state index contributed by atoms with van der Waals surface area (Å²) >= 11 is 0. The lowest BCUT2D eigenvalue weighted by atomic mass is 10.0. The van der Waals surface area contributed by atoms with E-state index in [0.29, 0.717) is 18.5 Å². The van der Waals surface area contributed by atoms with E-state index in [-0.39, 0.29) is 17.9 Å². The molecule has 130 valence electrons. The largest absolute Gasteiger partial charge is 0.337 e. The Labute approximate surface area is 146 Å². The molecular weight excluding hydrogens is 318 g/mol. The van der Waals surface area contributed by atoms with Crippen LogP contribution in [0.2, 0.25) is 0 Å². The van der Waals surface area contributed by atoms with Crippen molar-refractivity contribution in [1.82, 2.24) is 19.7 Å². The van der Waals surface area contributed by atoms with Crippen LogP contribution in [0.25, 0.3) is 0 Å². The van der Waals surface area contributed by atoms with Crippen LogP contribution in [0.15, 0.2) is 36.9 Å². The standard InChI is InChI=1S/C18H21N5O2/c24-17-4-2-10-22(17)15-7-5-14(6-8-15)18(25)21-9-1-3-16(11-21)23-13-19-12-20-23/h5-8,12-13,16H,1-4,9-11H2/t16-/m1/s1. The van der Waals surface area contributed by atoms with Gasteiger partial charge in [0.1, 0.15) is 12.7 Å². The van der Waals surface area contributed by atoms with Crippen molar-refractivity contribution in [3.63, 3.8) is 0 Å². The Morgan fingerprint density at radius 1 is 1.12 bits per heavy atom. The molecule has 2 saturated heterocycles. The molecule has 2 amide bonds. The zero-order valence-corrected chi connectivity index (χ0v) is 14.0. The number of hydrogen-bond donors (Lipinski definition) is 0. The molecule has 2 aromatic rings. The molecule has 1 atom stereocenters. The number of piperidine rings is 1. The molecule has 0 unspecified atom stereocenters. The Hall–Kier alpha value is -2.70. The third kappa shape index (κ3) is 3.14.